The molecule has 0 unspecified atom stereocenters. The smallest absolute Gasteiger partial charge is 0.355 e. The van der Waals surface area contributed by atoms with E-state index in [2.05, 4.69) is 6.07 Å². The first kappa shape index (κ1) is 11.5. The topological polar surface area (TPSA) is 31.2 Å². The minimum Gasteiger partial charge on any atom is -0.464 e. The third-order valence-corrected chi connectivity index (χ3v) is 2.78. The van der Waals surface area contributed by atoms with Crippen molar-refractivity contribution in [3.63, 3.8) is 0 Å². The molecule has 1 aromatic carbocycles. The summed E-state index contributed by atoms with van der Waals surface area (Å²) in [6.07, 6.45) is 1.86. The Morgan fingerprint density at radius 3 is 2.71 bits per heavy atom. The number of aryl methyl sites for hydroxylation is 2. The zero-order chi connectivity index (χ0) is 12.4. The fraction of sp³-hybridized carbons (Fsp3) is 0.214. The molecule has 1 aromatic heterocycles. The van der Waals surface area contributed by atoms with Gasteiger partial charge in [-0.1, -0.05) is 29.8 Å². The lowest BCUT2D eigenvalue weighted by Gasteiger charge is -2.06. The van der Waals surface area contributed by atoms with Gasteiger partial charge in [-0.15, -0.1) is 0 Å². The van der Waals surface area contributed by atoms with Crippen LogP contribution in [0.3, 0.4) is 0 Å². The second kappa shape index (κ2) is 4.45. The Morgan fingerprint density at radius 2 is 2.06 bits per heavy atom. The number of carbonyl (C=O) groups excluding carboxylic acids is 1. The quantitative estimate of drug-likeness (QED) is 0.741. The second-order valence-electron chi connectivity index (χ2n) is 4.05. The summed E-state index contributed by atoms with van der Waals surface area (Å²) in [5.74, 6) is -0.311. The third kappa shape index (κ3) is 2.09. The first-order valence-corrected chi connectivity index (χ1v) is 5.44. The highest BCUT2D eigenvalue weighted by Crippen LogP contribution is 2.25. The van der Waals surface area contributed by atoms with Gasteiger partial charge in [0.15, 0.2) is 0 Å². The predicted molar refractivity (Wildman–Crippen MR) is 66.9 cm³/mol. The average molecular weight is 229 g/mol. The molecule has 17 heavy (non-hydrogen) atoms. The minimum atomic E-state index is -0.311. The number of aromatic nitrogens is 1. The van der Waals surface area contributed by atoms with E-state index in [0.717, 1.165) is 11.1 Å². The van der Waals surface area contributed by atoms with Gasteiger partial charge in [0.05, 0.1) is 7.11 Å². The summed E-state index contributed by atoms with van der Waals surface area (Å²) >= 11 is 0. The number of hydrogen-bond donors (Lipinski definition) is 0. The Kier molecular flexibility index (Phi) is 3.00. The maximum absolute atomic E-state index is 11.7. The first-order chi connectivity index (χ1) is 8.13. The summed E-state index contributed by atoms with van der Waals surface area (Å²) in [5, 5.41) is 0. The van der Waals surface area contributed by atoms with E-state index in [1.165, 1.54) is 12.7 Å². The highest BCUT2D eigenvalue weighted by molar-refractivity contribution is 5.95. The Balaban J connectivity index is 2.57. The van der Waals surface area contributed by atoms with Crippen LogP contribution in [-0.2, 0) is 11.8 Å². The summed E-state index contributed by atoms with van der Waals surface area (Å²) in [6, 6.07) is 10.0. The Hall–Kier alpha value is -2.03. The van der Waals surface area contributed by atoms with Gasteiger partial charge < -0.3 is 9.30 Å². The number of carbonyl (C=O) groups is 1. The van der Waals surface area contributed by atoms with Crippen LogP contribution in [0.1, 0.15) is 16.1 Å². The molecule has 3 nitrogen and oxygen atoms in total. The van der Waals surface area contributed by atoms with Crippen LogP contribution in [0.2, 0.25) is 0 Å². The molecule has 0 aliphatic heterocycles. The van der Waals surface area contributed by atoms with Gasteiger partial charge in [0.2, 0.25) is 0 Å². The molecule has 0 radical (unpaired) electrons. The molecule has 0 saturated carbocycles. The molecule has 0 amide bonds. The van der Waals surface area contributed by atoms with Crippen LogP contribution in [0.4, 0.5) is 0 Å². The van der Waals surface area contributed by atoms with E-state index in [9.17, 15) is 4.79 Å². The number of esters is 1. The number of hydrogen-bond acceptors (Lipinski definition) is 2. The molecular weight excluding hydrogens is 214 g/mol. The molecule has 0 atom stereocenters. The van der Waals surface area contributed by atoms with Crippen molar-refractivity contribution in [3.05, 3.63) is 47.8 Å². The fourth-order valence-corrected chi connectivity index (χ4v) is 1.93. The second-order valence-corrected chi connectivity index (χ2v) is 4.05. The van der Waals surface area contributed by atoms with Gasteiger partial charge in [0.1, 0.15) is 5.69 Å². The van der Waals surface area contributed by atoms with Gasteiger partial charge in [0, 0.05) is 18.8 Å². The van der Waals surface area contributed by atoms with Crippen molar-refractivity contribution in [2.75, 3.05) is 7.11 Å². The number of nitrogens with zero attached hydrogens (tertiary/aromatic N) is 1. The van der Waals surface area contributed by atoms with Crippen molar-refractivity contribution in [1.29, 1.82) is 0 Å². The van der Waals surface area contributed by atoms with Crippen molar-refractivity contribution < 1.29 is 9.53 Å². The van der Waals surface area contributed by atoms with Crippen molar-refractivity contribution in [2.45, 2.75) is 6.92 Å². The van der Waals surface area contributed by atoms with Crippen LogP contribution >= 0.6 is 0 Å². The van der Waals surface area contributed by atoms with Gasteiger partial charge in [0.25, 0.3) is 0 Å². The van der Waals surface area contributed by atoms with Gasteiger partial charge >= 0.3 is 5.97 Å². The summed E-state index contributed by atoms with van der Waals surface area (Å²) in [4.78, 5) is 11.7. The number of ether oxygens (including phenoxy) is 1. The molecule has 88 valence electrons. The monoisotopic (exact) mass is 229 g/mol. The van der Waals surface area contributed by atoms with Crippen LogP contribution in [0, 0.1) is 6.92 Å². The van der Waals surface area contributed by atoms with E-state index in [-0.39, 0.29) is 5.97 Å². The van der Waals surface area contributed by atoms with Crippen LogP contribution in [0.5, 0.6) is 0 Å². The summed E-state index contributed by atoms with van der Waals surface area (Å²) < 4.78 is 6.59. The Labute approximate surface area is 101 Å². The zero-order valence-electron chi connectivity index (χ0n) is 10.2. The van der Waals surface area contributed by atoms with E-state index >= 15 is 0 Å². The lowest BCUT2D eigenvalue weighted by Crippen LogP contribution is -2.08. The molecule has 0 aliphatic carbocycles. The molecule has 2 aromatic rings. The molecule has 0 aliphatic rings. The van der Waals surface area contributed by atoms with Crippen molar-refractivity contribution >= 4 is 5.97 Å². The standard InChI is InChI=1S/C14H15NO2/c1-10-5-4-6-11(9-10)12-7-8-15(2)13(12)14(16)17-3/h4-9H,1-3H3. The third-order valence-electron chi connectivity index (χ3n) is 2.78. The molecular formula is C14H15NO2. The summed E-state index contributed by atoms with van der Waals surface area (Å²) in [6.45, 7) is 2.03. The minimum absolute atomic E-state index is 0.311. The lowest BCUT2D eigenvalue weighted by molar-refractivity contribution is 0.0591. The van der Waals surface area contributed by atoms with E-state index in [0.29, 0.717) is 5.69 Å². The molecule has 0 bridgehead atoms. The molecule has 0 N–H and O–H groups in total. The highest BCUT2D eigenvalue weighted by Gasteiger charge is 2.16. The molecule has 3 heteroatoms. The van der Waals surface area contributed by atoms with Crippen LogP contribution < -0.4 is 0 Å². The number of rotatable bonds is 2. The Bertz CT molecular complexity index is 555. The van der Waals surface area contributed by atoms with Gasteiger partial charge in [-0.25, -0.2) is 4.79 Å². The molecule has 1 heterocycles. The van der Waals surface area contributed by atoms with Crippen molar-refractivity contribution in [3.8, 4) is 11.1 Å². The van der Waals surface area contributed by atoms with Crippen LogP contribution in [0.25, 0.3) is 11.1 Å². The van der Waals surface area contributed by atoms with Gasteiger partial charge in [-0.3, -0.25) is 0 Å². The number of methoxy groups -OCH3 is 1. The SMILES string of the molecule is COC(=O)c1c(-c2cccc(C)c2)ccn1C. The predicted octanol–water partition coefficient (Wildman–Crippen LogP) is 2.79. The van der Waals surface area contributed by atoms with Crippen LogP contribution in [0.15, 0.2) is 36.5 Å². The maximum atomic E-state index is 11.7. The van der Waals surface area contributed by atoms with Gasteiger partial charge in [-0.05, 0) is 18.6 Å². The van der Waals surface area contributed by atoms with E-state index in [4.69, 9.17) is 4.74 Å². The highest BCUT2D eigenvalue weighted by atomic mass is 16.5. The average Bonchev–Trinajstić information content (AvgIpc) is 2.70. The lowest BCUT2D eigenvalue weighted by atomic mass is 10.0. The van der Waals surface area contributed by atoms with Crippen LogP contribution in [-0.4, -0.2) is 17.6 Å². The summed E-state index contributed by atoms with van der Waals surface area (Å²) in [7, 11) is 3.24. The largest absolute Gasteiger partial charge is 0.464 e. The van der Waals surface area contributed by atoms with Crippen molar-refractivity contribution in [1.82, 2.24) is 4.57 Å². The van der Waals surface area contributed by atoms with Crippen molar-refractivity contribution in [2.24, 2.45) is 7.05 Å². The molecule has 0 fully saturated rings. The Morgan fingerprint density at radius 1 is 1.29 bits per heavy atom. The molecule has 0 saturated heterocycles. The number of benzene rings is 1. The van der Waals surface area contributed by atoms with Gasteiger partial charge in [-0.2, -0.15) is 0 Å². The zero-order valence-corrected chi connectivity index (χ0v) is 10.2. The molecule has 0 spiro atoms. The van der Waals surface area contributed by atoms with E-state index < -0.39 is 0 Å². The summed E-state index contributed by atoms with van der Waals surface area (Å²) in [5.41, 5.74) is 3.69. The van der Waals surface area contributed by atoms with E-state index in [1.54, 1.807) is 4.57 Å². The van der Waals surface area contributed by atoms with E-state index in [1.807, 2.05) is 44.4 Å². The first-order valence-electron chi connectivity index (χ1n) is 5.44. The fourth-order valence-electron chi connectivity index (χ4n) is 1.93. The normalized spacial score (nSPS) is 10.3. The maximum Gasteiger partial charge on any atom is 0.355 e. The molecule has 2 rings (SSSR count).